The van der Waals surface area contributed by atoms with Gasteiger partial charge in [0.2, 0.25) is 0 Å². The highest BCUT2D eigenvalue weighted by atomic mass is 16.5. The molecule has 0 N–H and O–H groups in total. The number of likely N-dealkylation sites (tertiary alicyclic amines) is 1. The van der Waals surface area contributed by atoms with Crippen molar-refractivity contribution in [2.45, 2.75) is 39.5 Å². The lowest BCUT2D eigenvalue weighted by Crippen LogP contribution is -2.26. The normalized spacial score (nSPS) is 15.8. The molecule has 1 aliphatic rings. The molecule has 1 saturated heterocycles. The van der Waals surface area contributed by atoms with Gasteiger partial charge in [-0.15, -0.1) is 0 Å². The molecule has 0 atom stereocenters. The zero-order chi connectivity index (χ0) is 13.3. The first-order chi connectivity index (χ1) is 9.38. The molecular weight excluding hydrogens is 248 g/mol. The van der Waals surface area contributed by atoms with Gasteiger partial charge in [0, 0.05) is 6.54 Å². The standard InChI is InChI=1S/C16H22N2O.CH4/c1-17-15-7-9-16(10-8-15)19-14-6-13-18-11-4-2-3-5-12-18;/h7-10H,2-6,11-14H2;1H4. The average molecular weight is 274 g/mol. The van der Waals surface area contributed by atoms with Crippen molar-refractivity contribution in [1.29, 1.82) is 0 Å². The van der Waals surface area contributed by atoms with Crippen LogP contribution in [0.15, 0.2) is 24.3 Å². The maximum Gasteiger partial charge on any atom is 0.187 e. The van der Waals surface area contributed by atoms with Crippen LogP contribution < -0.4 is 4.74 Å². The summed E-state index contributed by atoms with van der Waals surface area (Å²) < 4.78 is 5.70. The first-order valence-electron chi connectivity index (χ1n) is 7.21. The predicted molar refractivity (Wildman–Crippen MR) is 84.5 cm³/mol. The molecule has 0 amide bonds. The summed E-state index contributed by atoms with van der Waals surface area (Å²) in [5.41, 5.74) is 0.664. The summed E-state index contributed by atoms with van der Waals surface area (Å²) in [7, 11) is 0. The van der Waals surface area contributed by atoms with Crippen molar-refractivity contribution in [2.24, 2.45) is 0 Å². The van der Waals surface area contributed by atoms with E-state index in [1.807, 2.05) is 12.1 Å². The van der Waals surface area contributed by atoms with Gasteiger partial charge in [-0.25, -0.2) is 4.85 Å². The van der Waals surface area contributed by atoms with Crippen LogP contribution in [-0.4, -0.2) is 31.1 Å². The van der Waals surface area contributed by atoms with E-state index in [9.17, 15) is 0 Å². The van der Waals surface area contributed by atoms with E-state index in [1.165, 1.54) is 38.8 Å². The lowest BCUT2D eigenvalue weighted by Gasteiger charge is -2.19. The van der Waals surface area contributed by atoms with Crippen LogP contribution >= 0.6 is 0 Å². The molecule has 0 unspecified atom stereocenters. The van der Waals surface area contributed by atoms with E-state index in [-0.39, 0.29) is 7.43 Å². The van der Waals surface area contributed by atoms with E-state index in [2.05, 4.69) is 9.74 Å². The monoisotopic (exact) mass is 274 g/mol. The van der Waals surface area contributed by atoms with Gasteiger partial charge in [-0.1, -0.05) is 32.4 Å². The molecular formula is C17H26N2O. The van der Waals surface area contributed by atoms with E-state index in [0.29, 0.717) is 5.69 Å². The average Bonchev–Trinajstić information content (AvgIpc) is 2.73. The molecule has 1 aliphatic heterocycles. The summed E-state index contributed by atoms with van der Waals surface area (Å²) in [5.74, 6) is 0.864. The van der Waals surface area contributed by atoms with Crippen LogP contribution in [-0.2, 0) is 0 Å². The molecule has 1 fully saturated rings. The van der Waals surface area contributed by atoms with Crippen molar-refractivity contribution in [1.82, 2.24) is 4.90 Å². The van der Waals surface area contributed by atoms with Gasteiger partial charge in [-0.3, -0.25) is 0 Å². The Bertz CT molecular complexity index is 400. The van der Waals surface area contributed by atoms with Crippen LogP contribution in [0.1, 0.15) is 39.5 Å². The third-order valence-corrected chi connectivity index (χ3v) is 3.55. The smallest absolute Gasteiger partial charge is 0.187 e. The van der Waals surface area contributed by atoms with Gasteiger partial charge in [-0.2, -0.15) is 0 Å². The Morgan fingerprint density at radius 2 is 1.70 bits per heavy atom. The summed E-state index contributed by atoms with van der Waals surface area (Å²) in [5, 5.41) is 0. The molecule has 0 bridgehead atoms. The lowest BCUT2D eigenvalue weighted by atomic mass is 10.2. The van der Waals surface area contributed by atoms with Crippen molar-refractivity contribution in [3.63, 3.8) is 0 Å². The first kappa shape index (κ1) is 16.5. The molecule has 0 aliphatic carbocycles. The predicted octanol–water partition coefficient (Wildman–Crippen LogP) is 4.52. The second-order valence-corrected chi connectivity index (χ2v) is 5.06. The molecule has 2 rings (SSSR count). The highest BCUT2D eigenvalue weighted by molar-refractivity contribution is 5.46. The molecule has 1 aromatic carbocycles. The van der Waals surface area contributed by atoms with Gasteiger partial charge in [0.1, 0.15) is 5.75 Å². The van der Waals surface area contributed by atoms with E-state index in [4.69, 9.17) is 11.3 Å². The summed E-state index contributed by atoms with van der Waals surface area (Å²) in [4.78, 5) is 5.92. The highest BCUT2D eigenvalue weighted by Gasteiger charge is 2.08. The Morgan fingerprint density at radius 1 is 1.05 bits per heavy atom. The summed E-state index contributed by atoms with van der Waals surface area (Å²) in [6.45, 7) is 11.3. The quantitative estimate of drug-likeness (QED) is 0.580. The number of nitrogens with zero attached hydrogens (tertiary/aromatic N) is 2. The minimum absolute atomic E-state index is 0. The molecule has 0 radical (unpaired) electrons. The summed E-state index contributed by atoms with van der Waals surface area (Å²) in [6.07, 6.45) is 6.54. The fraction of sp³-hybridized carbons (Fsp3) is 0.588. The minimum Gasteiger partial charge on any atom is -0.494 e. The van der Waals surface area contributed by atoms with E-state index >= 15 is 0 Å². The van der Waals surface area contributed by atoms with Crippen molar-refractivity contribution < 1.29 is 4.74 Å². The Hall–Kier alpha value is -1.53. The van der Waals surface area contributed by atoms with Crippen LogP contribution in [0.4, 0.5) is 5.69 Å². The van der Waals surface area contributed by atoms with Gasteiger partial charge in [-0.05, 0) is 44.5 Å². The Kier molecular flexibility index (Phi) is 7.75. The molecule has 20 heavy (non-hydrogen) atoms. The number of benzene rings is 1. The van der Waals surface area contributed by atoms with Crippen molar-refractivity contribution in [2.75, 3.05) is 26.2 Å². The van der Waals surface area contributed by atoms with Crippen molar-refractivity contribution in [3.8, 4) is 5.75 Å². The van der Waals surface area contributed by atoms with Crippen LogP contribution in [0.5, 0.6) is 5.75 Å². The molecule has 1 heterocycles. The topological polar surface area (TPSA) is 16.8 Å². The van der Waals surface area contributed by atoms with Gasteiger partial charge >= 0.3 is 0 Å². The third kappa shape index (κ3) is 5.63. The fourth-order valence-electron chi connectivity index (χ4n) is 2.45. The lowest BCUT2D eigenvalue weighted by molar-refractivity contribution is 0.240. The van der Waals surface area contributed by atoms with Gasteiger partial charge in [0.25, 0.3) is 0 Å². The maximum absolute atomic E-state index is 6.89. The van der Waals surface area contributed by atoms with E-state index < -0.39 is 0 Å². The number of rotatable bonds is 5. The molecule has 0 spiro atoms. The minimum atomic E-state index is 0. The Balaban J connectivity index is 0.00000200. The van der Waals surface area contributed by atoms with Crippen molar-refractivity contribution in [3.05, 3.63) is 35.7 Å². The number of ether oxygens (including phenoxy) is 1. The molecule has 110 valence electrons. The Morgan fingerprint density at radius 3 is 2.30 bits per heavy atom. The van der Waals surface area contributed by atoms with Gasteiger partial charge < -0.3 is 9.64 Å². The zero-order valence-electron chi connectivity index (χ0n) is 11.5. The molecule has 0 saturated carbocycles. The second-order valence-electron chi connectivity index (χ2n) is 5.06. The van der Waals surface area contributed by atoms with Crippen LogP contribution in [0.2, 0.25) is 0 Å². The van der Waals surface area contributed by atoms with E-state index in [1.54, 1.807) is 12.1 Å². The summed E-state index contributed by atoms with van der Waals surface area (Å²) in [6, 6.07) is 7.35. The molecule has 3 nitrogen and oxygen atoms in total. The zero-order valence-corrected chi connectivity index (χ0v) is 11.5. The molecule has 3 heteroatoms. The molecule has 0 aromatic heterocycles. The van der Waals surface area contributed by atoms with Crippen LogP contribution in [0, 0.1) is 6.57 Å². The summed E-state index contributed by atoms with van der Waals surface area (Å²) >= 11 is 0. The Labute approximate surface area is 123 Å². The van der Waals surface area contributed by atoms with Crippen molar-refractivity contribution >= 4 is 5.69 Å². The van der Waals surface area contributed by atoms with Crippen LogP contribution in [0.3, 0.4) is 0 Å². The largest absolute Gasteiger partial charge is 0.494 e. The maximum atomic E-state index is 6.89. The second kappa shape index (κ2) is 9.39. The van der Waals surface area contributed by atoms with Crippen LogP contribution in [0.25, 0.3) is 4.85 Å². The fourth-order valence-corrected chi connectivity index (χ4v) is 2.45. The SMILES string of the molecule is C.[C-]#[N+]c1ccc(OCCCN2CCCCCC2)cc1. The highest BCUT2D eigenvalue weighted by Crippen LogP contribution is 2.18. The van der Waals surface area contributed by atoms with Gasteiger partial charge in [0.05, 0.1) is 13.2 Å². The number of hydrogen-bond donors (Lipinski definition) is 0. The third-order valence-electron chi connectivity index (χ3n) is 3.55. The van der Waals surface area contributed by atoms with E-state index in [0.717, 1.165) is 25.3 Å². The first-order valence-corrected chi connectivity index (χ1v) is 7.21. The number of hydrogen-bond acceptors (Lipinski definition) is 2. The van der Waals surface area contributed by atoms with Gasteiger partial charge in [0.15, 0.2) is 5.69 Å². The molecule has 1 aromatic rings.